The lowest BCUT2D eigenvalue weighted by atomic mass is 10.1. The lowest BCUT2D eigenvalue weighted by Crippen LogP contribution is -2.41. The predicted molar refractivity (Wildman–Crippen MR) is 98.3 cm³/mol. The first kappa shape index (κ1) is 17.3. The molecule has 3 rings (SSSR count). The van der Waals surface area contributed by atoms with E-state index in [9.17, 15) is 4.79 Å². The predicted octanol–water partition coefficient (Wildman–Crippen LogP) is 2.77. The smallest absolute Gasteiger partial charge is 0.241 e. The molecule has 0 radical (unpaired) electrons. The molecule has 1 amide bonds. The maximum atomic E-state index is 12.7. The van der Waals surface area contributed by atoms with Crippen molar-refractivity contribution in [2.75, 3.05) is 25.7 Å². The quantitative estimate of drug-likeness (QED) is 0.878. The Morgan fingerprint density at radius 2 is 1.92 bits per heavy atom. The van der Waals surface area contributed by atoms with E-state index in [4.69, 9.17) is 9.47 Å². The zero-order valence-electron chi connectivity index (χ0n) is 14.9. The highest BCUT2D eigenvalue weighted by atomic mass is 16.5. The Bertz CT molecular complexity index is 760. The normalized spacial score (nSPS) is 15.8. The molecule has 5 nitrogen and oxygen atoms in total. The highest BCUT2D eigenvalue weighted by Crippen LogP contribution is 2.31. The molecule has 1 N–H and O–H groups in total. The summed E-state index contributed by atoms with van der Waals surface area (Å²) in [5.74, 6) is 1.48. The van der Waals surface area contributed by atoms with Gasteiger partial charge in [-0.25, -0.2) is 0 Å². The number of ether oxygens (including phenoxy) is 2. The molecule has 0 spiro atoms. The van der Waals surface area contributed by atoms with Gasteiger partial charge in [0.25, 0.3) is 0 Å². The molecular formula is C20H24N2O3. The minimum atomic E-state index is 0.0953. The van der Waals surface area contributed by atoms with Gasteiger partial charge >= 0.3 is 0 Å². The van der Waals surface area contributed by atoms with Crippen LogP contribution in [0, 0.1) is 0 Å². The molecule has 2 aromatic rings. The number of rotatable bonds is 6. The third kappa shape index (κ3) is 3.61. The van der Waals surface area contributed by atoms with Crippen LogP contribution in [0.25, 0.3) is 0 Å². The minimum Gasteiger partial charge on any atom is -0.493 e. The molecule has 1 atom stereocenters. The van der Waals surface area contributed by atoms with Gasteiger partial charge in [0, 0.05) is 18.3 Å². The number of anilines is 1. The number of hydrogen-bond donors (Lipinski definition) is 1. The Labute approximate surface area is 148 Å². The summed E-state index contributed by atoms with van der Waals surface area (Å²) < 4.78 is 10.6. The number of hydrogen-bond acceptors (Lipinski definition) is 4. The fourth-order valence-corrected chi connectivity index (χ4v) is 3.34. The Morgan fingerprint density at radius 1 is 1.16 bits per heavy atom. The van der Waals surface area contributed by atoms with Crippen LogP contribution in [0.4, 0.5) is 5.69 Å². The number of fused-ring (bicyclic) bond motifs is 1. The maximum absolute atomic E-state index is 12.7. The molecule has 1 heterocycles. The average Bonchev–Trinajstić information content (AvgIpc) is 2.97. The van der Waals surface area contributed by atoms with Gasteiger partial charge in [-0.15, -0.1) is 0 Å². The number of carbonyl (C=O) groups is 1. The summed E-state index contributed by atoms with van der Waals surface area (Å²) in [5, 5.41) is 3.23. The molecule has 0 saturated heterocycles. The molecule has 5 heteroatoms. The summed E-state index contributed by atoms with van der Waals surface area (Å²) in [5.41, 5.74) is 3.32. The molecule has 0 fully saturated rings. The van der Waals surface area contributed by atoms with Gasteiger partial charge in [-0.1, -0.05) is 24.3 Å². The van der Waals surface area contributed by atoms with Gasteiger partial charge in [0.05, 0.1) is 20.8 Å². The Kier molecular flexibility index (Phi) is 5.24. The maximum Gasteiger partial charge on any atom is 0.241 e. The van der Waals surface area contributed by atoms with E-state index in [2.05, 4.69) is 18.3 Å². The van der Waals surface area contributed by atoms with E-state index in [0.29, 0.717) is 24.6 Å². The molecule has 1 unspecified atom stereocenters. The van der Waals surface area contributed by atoms with Crippen LogP contribution in [-0.2, 0) is 17.8 Å². The first-order valence-corrected chi connectivity index (χ1v) is 8.45. The lowest BCUT2D eigenvalue weighted by molar-refractivity contribution is -0.118. The third-order valence-corrected chi connectivity index (χ3v) is 4.53. The first-order chi connectivity index (χ1) is 12.1. The lowest BCUT2D eigenvalue weighted by Gasteiger charge is -2.23. The van der Waals surface area contributed by atoms with E-state index in [-0.39, 0.29) is 11.9 Å². The molecule has 0 bridgehead atoms. The van der Waals surface area contributed by atoms with Crippen molar-refractivity contribution in [3.05, 3.63) is 53.6 Å². The average molecular weight is 340 g/mol. The van der Waals surface area contributed by atoms with Crippen molar-refractivity contribution in [1.82, 2.24) is 5.32 Å². The van der Waals surface area contributed by atoms with Gasteiger partial charge < -0.3 is 19.7 Å². The van der Waals surface area contributed by atoms with Crippen LogP contribution in [0.15, 0.2) is 42.5 Å². The molecule has 0 aliphatic carbocycles. The molecule has 132 valence electrons. The summed E-state index contributed by atoms with van der Waals surface area (Å²) in [4.78, 5) is 14.6. The van der Waals surface area contributed by atoms with Crippen LogP contribution < -0.4 is 19.7 Å². The van der Waals surface area contributed by atoms with E-state index in [0.717, 1.165) is 17.7 Å². The topological polar surface area (TPSA) is 50.8 Å². The van der Waals surface area contributed by atoms with Gasteiger partial charge in [-0.3, -0.25) is 4.79 Å². The first-order valence-electron chi connectivity index (χ1n) is 8.45. The number of benzene rings is 2. The van der Waals surface area contributed by atoms with Crippen LogP contribution >= 0.6 is 0 Å². The molecule has 0 aromatic heterocycles. The van der Waals surface area contributed by atoms with E-state index < -0.39 is 0 Å². The highest BCUT2D eigenvalue weighted by molar-refractivity contribution is 5.97. The fraction of sp³-hybridized carbons (Fsp3) is 0.350. The standard InChI is InChI=1S/C20H24N2O3/c1-14-10-16-6-4-5-7-17(16)22(14)20(23)13-21-12-15-8-9-18(24-2)19(11-15)25-3/h4-9,11,14,21H,10,12-13H2,1-3H3. The zero-order chi connectivity index (χ0) is 17.8. The summed E-state index contributed by atoms with van der Waals surface area (Å²) in [6.07, 6.45) is 0.914. The number of para-hydroxylation sites is 1. The number of carbonyl (C=O) groups excluding carboxylic acids is 1. The fourth-order valence-electron chi connectivity index (χ4n) is 3.34. The number of nitrogens with one attached hydrogen (secondary N) is 1. The second kappa shape index (κ2) is 7.57. The van der Waals surface area contributed by atoms with Gasteiger partial charge in [0.1, 0.15) is 0 Å². The molecular weight excluding hydrogens is 316 g/mol. The van der Waals surface area contributed by atoms with Crippen molar-refractivity contribution >= 4 is 11.6 Å². The Balaban J connectivity index is 1.60. The van der Waals surface area contributed by atoms with Crippen molar-refractivity contribution in [2.24, 2.45) is 0 Å². The van der Waals surface area contributed by atoms with E-state index in [1.807, 2.05) is 41.3 Å². The second-order valence-electron chi connectivity index (χ2n) is 6.24. The summed E-state index contributed by atoms with van der Waals surface area (Å²) in [6.45, 7) is 2.98. The van der Waals surface area contributed by atoms with Crippen molar-refractivity contribution < 1.29 is 14.3 Å². The summed E-state index contributed by atoms with van der Waals surface area (Å²) in [7, 11) is 3.23. The van der Waals surface area contributed by atoms with Crippen LogP contribution in [0.2, 0.25) is 0 Å². The SMILES string of the molecule is COc1ccc(CNCC(=O)N2c3ccccc3CC2C)cc1OC. The van der Waals surface area contributed by atoms with E-state index in [1.165, 1.54) is 5.56 Å². The van der Waals surface area contributed by atoms with Gasteiger partial charge in [-0.05, 0) is 42.7 Å². The molecule has 1 aliphatic rings. The van der Waals surface area contributed by atoms with E-state index >= 15 is 0 Å². The minimum absolute atomic E-state index is 0.0953. The number of amides is 1. The largest absolute Gasteiger partial charge is 0.493 e. The Hall–Kier alpha value is -2.53. The third-order valence-electron chi connectivity index (χ3n) is 4.53. The molecule has 2 aromatic carbocycles. The monoisotopic (exact) mass is 340 g/mol. The van der Waals surface area contributed by atoms with Crippen LogP contribution in [-0.4, -0.2) is 32.7 Å². The molecule has 25 heavy (non-hydrogen) atoms. The number of methoxy groups -OCH3 is 2. The molecule has 1 aliphatic heterocycles. The van der Waals surface area contributed by atoms with Gasteiger partial charge in [-0.2, -0.15) is 0 Å². The summed E-state index contributed by atoms with van der Waals surface area (Å²) >= 11 is 0. The Morgan fingerprint density at radius 3 is 2.68 bits per heavy atom. The summed E-state index contributed by atoms with van der Waals surface area (Å²) in [6, 6.07) is 14.1. The van der Waals surface area contributed by atoms with Crippen LogP contribution in [0.3, 0.4) is 0 Å². The second-order valence-corrected chi connectivity index (χ2v) is 6.24. The van der Waals surface area contributed by atoms with Gasteiger partial charge in [0.15, 0.2) is 11.5 Å². The van der Waals surface area contributed by atoms with Crippen LogP contribution in [0.1, 0.15) is 18.1 Å². The van der Waals surface area contributed by atoms with Gasteiger partial charge in [0.2, 0.25) is 5.91 Å². The van der Waals surface area contributed by atoms with Crippen molar-refractivity contribution in [3.8, 4) is 11.5 Å². The van der Waals surface area contributed by atoms with Crippen molar-refractivity contribution in [2.45, 2.75) is 25.9 Å². The van der Waals surface area contributed by atoms with E-state index in [1.54, 1.807) is 14.2 Å². The number of nitrogens with zero attached hydrogens (tertiary/aromatic N) is 1. The van der Waals surface area contributed by atoms with Crippen molar-refractivity contribution in [3.63, 3.8) is 0 Å². The van der Waals surface area contributed by atoms with Crippen molar-refractivity contribution in [1.29, 1.82) is 0 Å². The highest BCUT2D eigenvalue weighted by Gasteiger charge is 2.29. The molecule has 0 saturated carbocycles. The van der Waals surface area contributed by atoms with Crippen LogP contribution in [0.5, 0.6) is 11.5 Å². The zero-order valence-corrected chi connectivity index (χ0v) is 14.9.